The van der Waals surface area contributed by atoms with Gasteiger partial charge < -0.3 is 17.0 Å². The number of aryl methyl sites for hydroxylation is 2. The van der Waals surface area contributed by atoms with Crippen molar-refractivity contribution in [2.24, 2.45) is 0 Å². The fourth-order valence-electron chi connectivity index (χ4n) is 3.02. The van der Waals surface area contributed by atoms with Crippen LogP contribution in [0.1, 0.15) is 60.8 Å². The van der Waals surface area contributed by atoms with Crippen LogP contribution in [0.3, 0.4) is 0 Å². The Morgan fingerprint density at radius 1 is 1.00 bits per heavy atom. The summed E-state index contributed by atoms with van der Waals surface area (Å²) >= 11 is 0. The first kappa shape index (κ1) is 33.3. The molecule has 0 unspecified atom stereocenters. The third-order valence-electron chi connectivity index (χ3n) is 4.82. The third-order valence-corrected chi connectivity index (χ3v) is 4.82. The van der Waals surface area contributed by atoms with E-state index in [2.05, 4.69) is 23.9 Å². The number of Topliss-reactive ketones (excluding diaryl/α,β-unsaturated/α-hetero) is 1. The van der Waals surface area contributed by atoms with Gasteiger partial charge in [0.25, 0.3) is 0 Å². The smallest absolute Gasteiger partial charge is 0.496 e. The standard InChI is InChI=1S/C17H17N3O2.C8H7O.C3H8.CH3.U/c1-4-15(21)14-8-17-18-9-13(10-20(17)19-14)12-5-6-16(22-3)11(2)7-12;1-7-2-4-8(6-9)5-3-7;1-3-2;;/h5-10H,4H2,1-3H3;2-5H,1H3;3H2,1-2H3;1H3;/q;-1;;-1;+2. The molecule has 0 amide bonds. The van der Waals surface area contributed by atoms with E-state index in [1.807, 2.05) is 57.3 Å². The van der Waals surface area contributed by atoms with Crippen molar-refractivity contribution in [3.8, 4) is 16.9 Å². The average Bonchev–Trinajstić information content (AvgIpc) is 3.28. The van der Waals surface area contributed by atoms with Gasteiger partial charge >= 0.3 is 31.1 Å². The molecule has 0 aliphatic rings. The molecule has 0 spiro atoms. The van der Waals surface area contributed by atoms with Crippen molar-refractivity contribution in [1.29, 1.82) is 0 Å². The van der Waals surface area contributed by atoms with Gasteiger partial charge in [-0.3, -0.25) is 4.79 Å². The molecule has 0 atom stereocenters. The first-order valence-electron chi connectivity index (χ1n) is 11.3. The second-order valence-corrected chi connectivity index (χ2v) is 7.81. The Morgan fingerprint density at radius 2 is 1.64 bits per heavy atom. The minimum atomic E-state index is 0. The molecule has 0 saturated heterocycles. The molecule has 188 valence electrons. The van der Waals surface area contributed by atoms with Crippen molar-refractivity contribution in [3.63, 3.8) is 0 Å². The van der Waals surface area contributed by atoms with Gasteiger partial charge in [0.15, 0.2) is 11.4 Å². The second-order valence-electron chi connectivity index (χ2n) is 7.81. The molecule has 0 aliphatic heterocycles. The largest absolute Gasteiger partial charge is 2.00 e. The van der Waals surface area contributed by atoms with Crippen molar-refractivity contribution < 1.29 is 45.4 Å². The number of ketones is 1. The minimum absolute atomic E-state index is 0. The zero-order valence-corrected chi connectivity index (χ0v) is 26.4. The van der Waals surface area contributed by atoms with Crippen LogP contribution >= 0.6 is 0 Å². The van der Waals surface area contributed by atoms with Crippen molar-refractivity contribution >= 4 is 17.7 Å². The fourth-order valence-corrected chi connectivity index (χ4v) is 3.02. The number of benzene rings is 2. The molecular weight excluding hydrogens is 676 g/mol. The second kappa shape index (κ2) is 16.8. The maximum absolute atomic E-state index is 11.7. The van der Waals surface area contributed by atoms with Gasteiger partial charge in [0, 0.05) is 30.4 Å². The Hall–Kier alpha value is -2.75. The van der Waals surface area contributed by atoms with E-state index in [1.54, 1.807) is 42.3 Å². The van der Waals surface area contributed by atoms with Gasteiger partial charge in [0.05, 0.1) is 13.4 Å². The third kappa shape index (κ3) is 9.37. The van der Waals surface area contributed by atoms with Crippen molar-refractivity contribution in [2.75, 3.05) is 7.11 Å². The number of rotatable bonds is 5. The molecule has 0 radical (unpaired) electrons. The molecule has 0 saturated carbocycles. The van der Waals surface area contributed by atoms with E-state index in [0.29, 0.717) is 23.3 Å². The first-order valence-corrected chi connectivity index (χ1v) is 11.3. The first-order chi connectivity index (χ1) is 16.4. The van der Waals surface area contributed by atoms with E-state index in [0.717, 1.165) is 28.0 Å². The van der Waals surface area contributed by atoms with Crippen molar-refractivity contribution in [3.05, 3.63) is 90.7 Å². The fraction of sp³-hybridized carbons (Fsp3) is 0.276. The van der Waals surface area contributed by atoms with Gasteiger partial charge in [-0.2, -0.15) is 22.8 Å². The molecule has 2 heterocycles. The summed E-state index contributed by atoms with van der Waals surface area (Å²) in [6.07, 6.45) is 7.17. The van der Waals surface area contributed by atoms with Crippen LogP contribution in [0.5, 0.6) is 5.75 Å². The summed E-state index contributed by atoms with van der Waals surface area (Å²) in [7, 11) is 1.66. The number of hydrogen-bond donors (Lipinski definition) is 0. The van der Waals surface area contributed by atoms with Crippen LogP contribution in [0.4, 0.5) is 0 Å². The monoisotopic (exact) mass is 711 g/mol. The van der Waals surface area contributed by atoms with E-state index in [-0.39, 0.29) is 44.3 Å². The van der Waals surface area contributed by atoms with Crippen LogP contribution in [0.15, 0.2) is 60.9 Å². The van der Waals surface area contributed by atoms with Crippen LogP contribution < -0.4 is 4.74 Å². The number of nitrogens with zero attached hydrogens (tertiary/aromatic N) is 3. The average molecular weight is 712 g/mol. The van der Waals surface area contributed by atoms with Gasteiger partial charge in [0.2, 0.25) is 0 Å². The summed E-state index contributed by atoms with van der Waals surface area (Å²) in [5.41, 5.74) is 5.93. The molecule has 0 N–H and O–H groups in total. The van der Waals surface area contributed by atoms with Gasteiger partial charge in [-0.15, -0.1) is 12.1 Å². The molecule has 4 aromatic rings. The summed E-state index contributed by atoms with van der Waals surface area (Å²) in [6.45, 7) is 10.1. The molecule has 4 rings (SSSR count). The van der Waals surface area contributed by atoms with E-state index in [1.165, 1.54) is 6.42 Å². The molecule has 2 aromatic carbocycles. The van der Waals surface area contributed by atoms with Gasteiger partial charge in [-0.25, -0.2) is 9.50 Å². The summed E-state index contributed by atoms with van der Waals surface area (Å²) in [4.78, 5) is 26.1. The molecule has 6 nitrogen and oxygen atoms in total. The maximum atomic E-state index is 11.7. The molecular formula is C29H35N3O3U. The quantitative estimate of drug-likeness (QED) is 0.172. The van der Waals surface area contributed by atoms with E-state index >= 15 is 0 Å². The van der Waals surface area contributed by atoms with Crippen LogP contribution in [0.25, 0.3) is 16.8 Å². The number of carbonyl (C=O) groups excluding carboxylic acids is 2. The van der Waals surface area contributed by atoms with Gasteiger partial charge in [0.1, 0.15) is 11.4 Å². The number of carbonyl (C=O) groups is 1. The Balaban J connectivity index is 0.000000738. The van der Waals surface area contributed by atoms with Crippen LogP contribution in [-0.4, -0.2) is 33.8 Å². The zero-order valence-electron chi connectivity index (χ0n) is 22.3. The number of aromatic nitrogens is 3. The summed E-state index contributed by atoms with van der Waals surface area (Å²) in [6, 6.07) is 15.0. The summed E-state index contributed by atoms with van der Waals surface area (Å²) in [5, 5.41) is 4.31. The maximum Gasteiger partial charge on any atom is 2.00 e. The number of ether oxygens (including phenoxy) is 1. The topological polar surface area (TPSA) is 73.6 Å². The van der Waals surface area contributed by atoms with E-state index in [9.17, 15) is 9.59 Å². The molecule has 36 heavy (non-hydrogen) atoms. The van der Waals surface area contributed by atoms with E-state index in [4.69, 9.17) is 4.74 Å². The van der Waals surface area contributed by atoms with E-state index < -0.39 is 0 Å². The number of methoxy groups -OCH3 is 1. The number of fused-ring (bicyclic) bond motifs is 1. The van der Waals surface area contributed by atoms with Crippen molar-refractivity contribution in [1.82, 2.24) is 14.6 Å². The van der Waals surface area contributed by atoms with Crippen molar-refractivity contribution in [2.45, 2.75) is 47.5 Å². The SMILES string of the molecule is CCC.CCC(=O)c1cc2ncc(-c3ccc(OC)c(C)c3)cn2n1.Cc1ccc([C-]=O)cc1.[CH3-].[U+2]. The van der Waals surface area contributed by atoms with Gasteiger partial charge in [-0.1, -0.05) is 38.8 Å². The Kier molecular flexibility index (Phi) is 15.6. The molecule has 7 heteroatoms. The predicted molar refractivity (Wildman–Crippen MR) is 143 cm³/mol. The zero-order chi connectivity index (χ0) is 25.1. The molecule has 2 aromatic heterocycles. The van der Waals surface area contributed by atoms with Crippen LogP contribution in [-0.2, 0) is 4.79 Å². The summed E-state index contributed by atoms with van der Waals surface area (Å²) in [5.74, 6) is 0.875. The Bertz CT molecular complexity index is 1230. The predicted octanol–water partition coefficient (Wildman–Crippen LogP) is 6.63. The molecule has 0 aliphatic carbocycles. The summed E-state index contributed by atoms with van der Waals surface area (Å²) < 4.78 is 6.93. The minimum Gasteiger partial charge on any atom is -0.496 e. The molecule has 0 bridgehead atoms. The van der Waals surface area contributed by atoms with Gasteiger partial charge in [-0.05, 0) is 37.1 Å². The molecule has 0 fully saturated rings. The number of hydrogen-bond acceptors (Lipinski definition) is 5. The van der Waals surface area contributed by atoms with Crippen LogP contribution in [0, 0.1) is 52.4 Å². The van der Waals surface area contributed by atoms with Crippen LogP contribution in [0.2, 0.25) is 0 Å². The Morgan fingerprint density at radius 3 is 2.17 bits per heavy atom. The normalized spacial score (nSPS) is 9.39. The Labute approximate surface area is 238 Å².